The Balaban J connectivity index is 1.28. The number of fused-ring (bicyclic) bond motifs is 1. The van der Waals surface area contributed by atoms with E-state index < -0.39 is 0 Å². The van der Waals surface area contributed by atoms with Crippen molar-refractivity contribution < 1.29 is 14.3 Å². The number of rotatable bonds is 6. The largest absolute Gasteiger partial charge is 0.490 e. The van der Waals surface area contributed by atoms with Crippen LogP contribution in [0.25, 0.3) is 10.9 Å². The van der Waals surface area contributed by atoms with Gasteiger partial charge >= 0.3 is 0 Å². The summed E-state index contributed by atoms with van der Waals surface area (Å²) in [5.41, 5.74) is 2.06. The summed E-state index contributed by atoms with van der Waals surface area (Å²) in [7, 11) is 0. The SMILES string of the molecule is O=C(CC1CCC(Oc2cc(N3CCOCC3)cc3ncncc23)CC1)C1CC1. The van der Waals surface area contributed by atoms with Crippen molar-refractivity contribution >= 4 is 22.4 Å². The van der Waals surface area contributed by atoms with Gasteiger partial charge in [0.15, 0.2) is 0 Å². The van der Waals surface area contributed by atoms with Gasteiger partial charge in [0.1, 0.15) is 17.9 Å². The molecule has 154 valence electrons. The Labute approximate surface area is 171 Å². The number of benzene rings is 1. The summed E-state index contributed by atoms with van der Waals surface area (Å²) in [5.74, 6) is 2.30. The highest BCUT2D eigenvalue weighted by Gasteiger charge is 2.32. The first-order chi connectivity index (χ1) is 14.3. The maximum absolute atomic E-state index is 12.1. The predicted octanol–water partition coefficient (Wildman–Crippen LogP) is 3.77. The summed E-state index contributed by atoms with van der Waals surface area (Å²) in [6.07, 6.45) is 10.8. The molecule has 2 aliphatic carbocycles. The van der Waals surface area contributed by atoms with Gasteiger partial charge in [-0.1, -0.05) is 0 Å². The predicted molar refractivity (Wildman–Crippen MR) is 111 cm³/mol. The van der Waals surface area contributed by atoms with Crippen molar-refractivity contribution in [1.29, 1.82) is 0 Å². The van der Waals surface area contributed by atoms with Gasteiger partial charge in [0, 0.05) is 43.4 Å². The Kier molecular flexibility index (Phi) is 5.36. The van der Waals surface area contributed by atoms with Gasteiger partial charge < -0.3 is 14.4 Å². The zero-order chi connectivity index (χ0) is 19.6. The van der Waals surface area contributed by atoms with Crippen LogP contribution in [0, 0.1) is 11.8 Å². The quantitative estimate of drug-likeness (QED) is 0.742. The van der Waals surface area contributed by atoms with Crippen molar-refractivity contribution in [2.45, 2.75) is 51.0 Å². The van der Waals surface area contributed by atoms with Crippen molar-refractivity contribution in [3.8, 4) is 5.75 Å². The molecular formula is C23H29N3O3. The normalized spacial score (nSPS) is 25.2. The van der Waals surface area contributed by atoms with Crippen molar-refractivity contribution in [3.05, 3.63) is 24.7 Å². The summed E-state index contributed by atoms with van der Waals surface area (Å²) < 4.78 is 12.0. The lowest BCUT2D eigenvalue weighted by Gasteiger charge is -2.31. The summed E-state index contributed by atoms with van der Waals surface area (Å²) in [6.45, 7) is 3.27. The van der Waals surface area contributed by atoms with Gasteiger partial charge in [0.25, 0.3) is 0 Å². The van der Waals surface area contributed by atoms with Crippen molar-refractivity contribution in [1.82, 2.24) is 9.97 Å². The Hall–Kier alpha value is -2.21. The fraction of sp³-hybridized carbons (Fsp3) is 0.609. The minimum Gasteiger partial charge on any atom is -0.490 e. The molecule has 0 bridgehead atoms. The van der Waals surface area contributed by atoms with Crippen molar-refractivity contribution in [2.75, 3.05) is 31.2 Å². The minimum absolute atomic E-state index is 0.200. The van der Waals surface area contributed by atoms with Crippen LogP contribution in [-0.2, 0) is 9.53 Å². The molecule has 0 unspecified atom stereocenters. The molecule has 3 fully saturated rings. The van der Waals surface area contributed by atoms with Gasteiger partial charge in [0.2, 0.25) is 0 Å². The molecule has 0 amide bonds. The van der Waals surface area contributed by atoms with E-state index in [0.717, 1.165) is 93.6 Å². The number of morpholine rings is 1. The van der Waals surface area contributed by atoms with E-state index in [-0.39, 0.29) is 6.10 Å². The first kappa shape index (κ1) is 18.8. The number of Topliss-reactive ketones (excluding diaryl/α,β-unsaturated/α-hetero) is 1. The van der Waals surface area contributed by atoms with Gasteiger partial charge in [-0.05, 0) is 50.5 Å². The van der Waals surface area contributed by atoms with E-state index in [1.54, 1.807) is 6.33 Å². The Morgan fingerprint density at radius 1 is 1.10 bits per heavy atom. The Morgan fingerprint density at radius 2 is 1.90 bits per heavy atom. The average molecular weight is 396 g/mol. The van der Waals surface area contributed by atoms with Crippen LogP contribution >= 0.6 is 0 Å². The molecular weight excluding hydrogens is 366 g/mol. The molecule has 1 aromatic heterocycles. The van der Waals surface area contributed by atoms with Crippen LogP contribution < -0.4 is 9.64 Å². The lowest BCUT2D eigenvalue weighted by molar-refractivity contribution is -0.121. The number of ether oxygens (including phenoxy) is 2. The van der Waals surface area contributed by atoms with Crippen LogP contribution in [0.4, 0.5) is 5.69 Å². The number of hydrogen-bond donors (Lipinski definition) is 0. The molecule has 0 spiro atoms. The molecule has 2 aromatic rings. The number of carbonyl (C=O) groups excluding carboxylic acids is 1. The molecule has 0 N–H and O–H groups in total. The van der Waals surface area contributed by atoms with E-state index in [0.29, 0.717) is 17.6 Å². The van der Waals surface area contributed by atoms with Gasteiger partial charge in [-0.3, -0.25) is 4.79 Å². The number of nitrogens with zero attached hydrogens (tertiary/aromatic N) is 3. The molecule has 1 aromatic carbocycles. The fourth-order valence-electron chi connectivity index (χ4n) is 4.63. The number of aromatic nitrogens is 2. The average Bonchev–Trinajstić information content (AvgIpc) is 3.61. The summed E-state index contributed by atoms with van der Waals surface area (Å²) >= 11 is 0. The van der Waals surface area contributed by atoms with Crippen LogP contribution in [0.2, 0.25) is 0 Å². The van der Waals surface area contributed by atoms with Crippen LogP contribution in [-0.4, -0.2) is 48.2 Å². The first-order valence-corrected chi connectivity index (χ1v) is 11.0. The minimum atomic E-state index is 0.200. The standard InChI is InChI=1S/C23H29N3O3/c27-22(17-3-4-17)11-16-1-5-19(6-2-16)29-23-13-18(26-7-9-28-10-8-26)12-21-20(23)14-24-15-25-21/h12-17,19H,1-11H2. The second kappa shape index (κ2) is 8.27. The number of carbonyl (C=O) groups is 1. The van der Waals surface area contributed by atoms with Gasteiger partial charge in [0.05, 0.1) is 30.2 Å². The highest BCUT2D eigenvalue weighted by molar-refractivity contribution is 5.88. The lowest BCUT2D eigenvalue weighted by Crippen LogP contribution is -2.36. The first-order valence-electron chi connectivity index (χ1n) is 11.0. The highest BCUT2D eigenvalue weighted by Crippen LogP contribution is 2.37. The molecule has 5 rings (SSSR count). The topological polar surface area (TPSA) is 64.5 Å². The van der Waals surface area contributed by atoms with Gasteiger partial charge in [-0.25, -0.2) is 9.97 Å². The van der Waals surface area contributed by atoms with E-state index in [9.17, 15) is 4.79 Å². The maximum atomic E-state index is 12.1. The third kappa shape index (κ3) is 4.37. The monoisotopic (exact) mass is 395 g/mol. The molecule has 2 heterocycles. The third-order valence-corrected chi connectivity index (χ3v) is 6.56. The highest BCUT2D eigenvalue weighted by atomic mass is 16.5. The summed E-state index contributed by atoms with van der Waals surface area (Å²) in [4.78, 5) is 23.1. The van der Waals surface area contributed by atoms with Gasteiger partial charge in [-0.15, -0.1) is 0 Å². The summed E-state index contributed by atoms with van der Waals surface area (Å²) in [6, 6.07) is 4.26. The van der Waals surface area contributed by atoms with Crippen molar-refractivity contribution in [2.24, 2.45) is 11.8 Å². The molecule has 29 heavy (non-hydrogen) atoms. The smallest absolute Gasteiger partial charge is 0.136 e. The number of ketones is 1. The van der Waals surface area contributed by atoms with E-state index in [1.165, 1.54) is 0 Å². The van der Waals surface area contributed by atoms with E-state index in [4.69, 9.17) is 9.47 Å². The van der Waals surface area contributed by atoms with E-state index in [2.05, 4.69) is 27.0 Å². The maximum Gasteiger partial charge on any atom is 0.136 e. The van der Waals surface area contributed by atoms with Crippen molar-refractivity contribution in [3.63, 3.8) is 0 Å². The fourth-order valence-corrected chi connectivity index (χ4v) is 4.63. The lowest BCUT2D eigenvalue weighted by atomic mass is 9.83. The Morgan fingerprint density at radius 3 is 2.66 bits per heavy atom. The summed E-state index contributed by atoms with van der Waals surface area (Å²) in [5, 5.41) is 0.968. The number of anilines is 1. The van der Waals surface area contributed by atoms with Crippen LogP contribution in [0.5, 0.6) is 5.75 Å². The molecule has 6 nitrogen and oxygen atoms in total. The molecule has 1 aliphatic heterocycles. The Bertz CT molecular complexity index is 869. The zero-order valence-electron chi connectivity index (χ0n) is 16.9. The molecule has 6 heteroatoms. The third-order valence-electron chi connectivity index (χ3n) is 6.56. The second-order valence-electron chi connectivity index (χ2n) is 8.70. The second-order valence-corrected chi connectivity index (χ2v) is 8.70. The van der Waals surface area contributed by atoms with Crippen LogP contribution in [0.3, 0.4) is 0 Å². The van der Waals surface area contributed by atoms with Crippen LogP contribution in [0.1, 0.15) is 44.9 Å². The molecule has 0 atom stereocenters. The van der Waals surface area contributed by atoms with E-state index in [1.807, 2.05) is 6.20 Å². The van der Waals surface area contributed by atoms with Gasteiger partial charge in [-0.2, -0.15) is 0 Å². The number of hydrogen-bond acceptors (Lipinski definition) is 6. The molecule has 2 saturated carbocycles. The van der Waals surface area contributed by atoms with Crippen LogP contribution in [0.15, 0.2) is 24.7 Å². The van der Waals surface area contributed by atoms with E-state index >= 15 is 0 Å². The zero-order valence-corrected chi connectivity index (χ0v) is 16.9. The molecule has 1 saturated heterocycles. The molecule has 0 radical (unpaired) electrons. The molecule has 3 aliphatic rings.